The Morgan fingerprint density at radius 2 is 1.80 bits per heavy atom. The van der Waals surface area contributed by atoms with Gasteiger partial charge >= 0.3 is 11.8 Å². The number of nitrogens with zero attached hydrogens (tertiary/aromatic N) is 2. The lowest BCUT2D eigenvalue weighted by Crippen LogP contribution is -2.22. The first-order valence-corrected chi connectivity index (χ1v) is 11.1. The highest BCUT2D eigenvalue weighted by Crippen LogP contribution is 2.38. The van der Waals surface area contributed by atoms with E-state index in [1.807, 2.05) is 0 Å². The van der Waals surface area contributed by atoms with Crippen molar-refractivity contribution in [2.45, 2.75) is 16.0 Å². The second kappa shape index (κ2) is 8.47. The summed E-state index contributed by atoms with van der Waals surface area (Å²) < 4.78 is 46.4. The van der Waals surface area contributed by atoms with Crippen molar-refractivity contribution in [1.82, 2.24) is 9.55 Å². The van der Waals surface area contributed by atoms with Gasteiger partial charge in [0.25, 0.3) is 5.56 Å². The molecule has 0 aliphatic heterocycles. The average molecular weight is 517 g/mol. The lowest BCUT2D eigenvalue weighted by atomic mass is 10.1. The minimum atomic E-state index is -4.64. The monoisotopic (exact) mass is 516 g/mol. The van der Waals surface area contributed by atoms with Crippen LogP contribution in [0.3, 0.4) is 0 Å². The van der Waals surface area contributed by atoms with Gasteiger partial charge in [-0.3, -0.25) is 9.36 Å². The number of rotatable bonds is 3. The zero-order chi connectivity index (χ0) is 24.9. The largest absolute Gasteiger partial charge is 0.505 e. The summed E-state index contributed by atoms with van der Waals surface area (Å²) >= 11 is 6.83. The summed E-state index contributed by atoms with van der Waals surface area (Å²) in [7, 11) is 0. The van der Waals surface area contributed by atoms with Crippen LogP contribution in [0.15, 0.2) is 90.7 Å². The van der Waals surface area contributed by atoms with Crippen molar-refractivity contribution in [3.63, 3.8) is 0 Å². The third-order valence-electron chi connectivity index (χ3n) is 5.17. The number of aromatic nitrogens is 2. The number of pyridine rings is 2. The molecule has 2 aromatic carbocycles. The zero-order valence-electron chi connectivity index (χ0n) is 17.3. The van der Waals surface area contributed by atoms with E-state index < -0.39 is 28.7 Å². The van der Waals surface area contributed by atoms with E-state index in [1.54, 1.807) is 24.3 Å². The molecule has 0 radical (unpaired) electrons. The lowest BCUT2D eigenvalue weighted by molar-refractivity contribution is -0.137. The molecular weight excluding hydrogens is 505 g/mol. The first-order chi connectivity index (χ1) is 16.6. The van der Waals surface area contributed by atoms with E-state index in [9.17, 15) is 27.9 Å². The van der Waals surface area contributed by atoms with E-state index in [4.69, 9.17) is 16.0 Å². The highest BCUT2D eigenvalue weighted by Gasteiger charge is 2.31. The third-order valence-corrected chi connectivity index (χ3v) is 6.46. The Balaban J connectivity index is 1.85. The summed E-state index contributed by atoms with van der Waals surface area (Å²) in [5.74, 6) is -0.655. The summed E-state index contributed by atoms with van der Waals surface area (Å²) in [6.07, 6.45) is -3.30. The predicted molar refractivity (Wildman–Crippen MR) is 126 cm³/mol. The van der Waals surface area contributed by atoms with Crippen molar-refractivity contribution in [2.24, 2.45) is 0 Å². The number of aromatic hydroxyl groups is 1. The molecule has 0 unspecified atom stereocenters. The minimum Gasteiger partial charge on any atom is -0.505 e. The molecule has 0 fully saturated rings. The average Bonchev–Trinajstić information content (AvgIpc) is 2.81. The Bertz CT molecular complexity index is 1750. The summed E-state index contributed by atoms with van der Waals surface area (Å²) in [5, 5.41) is 11.2. The van der Waals surface area contributed by atoms with Crippen LogP contribution in [0.4, 0.5) is 13.2 Å². The second-order valence-corrected chi connectivity index (χ2v) is 8.91. The third kappa shape index (κ3) is 4.04. The van der Waals surface area contributed by atoms with Crippen LogP contribution in [0.5, 0.6) is 5.75 Å². The van der Waals surface area contributed by atoms with Gasteiger partial charge in [-0.15, -0.1) is 0 Å². The molecule has 176 valence electrons. The van der Waals surface area contributed by atoms with Gasteiger partial charge in [0.1, 0.15) is 10.3 Å². The molecule has 0 atom stereocenters. The van der Waals surface area contributed by atoms with Crippen molar-refractivity contribution >= 4 is 45.4 Å². The first kappa shape index (κ1) is 23.0. The molecule has 0 saturated carbocycles. The number of halogens is 4. The Morgan fingerprint density at radius 3 is 2.54 bits per heavy atom. The minimum absolute atomic E-state index is 0.0397. The highest BCUT2D eigenvalue weighted by molar-refractivity contribution is 7.99. The fourth-order valence-electron chi connectivity index (χ4n) is 3.66. The fourth-order valence-corrected chi connectivity index (χ4v) is 4.80. The number of hydrogen-bond donors (Lipinski definition) is 1. The lowest BCUT2D eigenvalue weighted by Gasteiger charge is -2.14. The predicted octanol–water partition coefficient (Wildman–Crippen LogP) is 6.02. The van der Waals surface area contributed by atoms with Gasteiger partial charge in [0.15, 0.2) is 17.0 Å². The number of benzene rings is 2. The molecule has 0 aliphatic rings. The topological polar surface area (TPSA) is 85.3 Å². The summed E-state index contributed by atoms with van der Waals surface area (Å²) in [6.45, 7) is 0. The molecular formula is C24H12ClF3N2O4S. The van der Waals surface area contributed by atoms with Crippen molar-refractivity contribution in [3.05, 3.63) is 98.2 Å². The number of fused-ring (bicyclic) bond motifs is 3. The summed E-state index contributed by atoms with van der Waals surface area (Å²) in [6, 6.07) is 13.6. The fraction of sp³-hybridized carbons (Fsp3) is 0.0417. The van der Waals surface area contributed by atoms with Gasteiger partial charge in [0, 0.05) is 16.1 Å². The van der Waals surface area contributed by atoms with Gasteiger partial charge in [-0.1, -0.05) is 35.5 Å². The smallest absolute Gasteiger partial charge is 0.416 e. The standard InChI is InChI=1S/C24H12ClF3N2O4S/c25-13-5-2-7-15(11-13)35-20-18(31)17-19(34-23(20)33)16-8-3-9-29-21(16)30(22(17)32)14-6-1-4-12(10-14)24(26,27)28/h1-11,31H. The molecule has 0 bridgehead atoms. The maximum atomic E-state index is 13.6. The van der Waals surface area contributed by atoms with Gasteiger partial charge in [0.05, 0.1) is 16.6 Å². The molecule has 5 rings (SSSR count). The molecule has 11 heteroatoms. The van der Waals surface area contributed by atoms with Crippen molar-refractivity contribution in [3.8, 4) is 11.4 Å². The quantitative estimate of drug-likeness (QED) is 0.295. The second-order valence-electron chi connectivity index (χ2n) is 7.39. The molecule has 35 heavy (non-hydrogen) atoms. The Kier molecular flexibility index (Phi) is 5.57. The maximum Gasteiger partial charge on any atom is 0.416 e. The van der Waals surface area contributed by atoms with Gasteiger partial charge in [0.2, 0.25) is 0 Å². The van der Waals surface area contributed by atoms with Gasteiger partial charge in [-0.2, -0.15) is 13.2 Å². The van der Waals surface area contributed by atoms with Gasteiger partial charge in [-0.05, 0) is 48.5 Å². The van der Waals surface area contributed by atoms with Crippen LogP contribution in [0.2, 0.25) is 5.02 Å². The zero-order valence-corrected chi connectivity index (χ0v) is 18.9. The molecule has 5 aromatic rings. The van der Waals surface area contributed by atoms with E-state index in [1.165, 1.54) is 24.4 Å². The van der Waals surface area contributed by atoms with Crippen LogP contribution in [-0.2, 0) is 6.18 Å². The van der Waals surface area contributed by atoms with Crippen molar-refractivity contribution < 1.29 is 22.7 Å². The molecule has 3 heterocycles. The van der Waals surface area contributed by atoms with E-state index >= 15 is 0 Å². The summed E-state index contributed by atoms with van der Waals surface area (Å²) in [5.41, 5.74) is -3.15. The van der Waals surface area contributed by atoms with Crippen LogP contribution < -0.4 is 11.2 Å². The van der Waals surface area contributed by atoms with Crippen LogP contribution >= 0.6 is 23.4 Å². The Hall–Kier alpha value is -3.76. The molecule has 0 amide bonds. The molecule has 1 N–H and O–H groups in total. The summed E-state index contributed by atoms with van der Waals surface area (Å²) in [4.78, 5) is 30.7. The number of alkyl halides is 3. The van der Waals surface area contributed by atoms with Gasteiger partial charge < -0.3 is 9.52 Å². The van der Waals surface area contributed by atoms with E-state index in [-0.39, 0.29) is 32.6 Å². The highest BCUT2D eigenvalue weighted by atomic mass is 35.5. The van der Waals surface area contributed by atoms with E-state index in [2.05, 4.69) is 4.98 Å². The molecule has 3 aromatic heterocycles. The van der Waals surface area contributed by atoms with Crippen LogP contribution in [0, 0.1) is 0 Å². The van der Waals surface area contributed by atoms with Crippen LogP contribution in [0.25, 0.3) is 27.7 Å². The maximum absolute atomic E-state index is 13.6. The number of hydrogen-bond acceptors (Lipinski definition) is 6. The van der Waals surface area contributed by atoms with E-state index in [0.717, 1.165) is 34.5 Å². The van der Waals surface area contributed by atoms with Gasteiger partial charge in [-0.25, -0.2) is 9.78 Å². The molecule has 6 nitrogen and oxygen atoms in total. The normalized spacial score (nSPS) is 11.9. The first-order valence-electron chi connectivity index (χ1n) is 9.95. The SMILES string of the molecule is O=c1oc2c(c(O)c1Sc1cccc(Cl)c1)c(=O)n(-c1cccc(C(F)(F)F)c1)c1ncccc21. The van der Waals surface area contributed by atoms with Crippen molar-refractivity contribution in [1.29, 1.82) is 0 Å². The molecule has 0 spiro atoms. The van der Waals surface area contributed by atoms with E-state index in [0.29, 0.717) is 9.92 Å². The van der Waals surface area contributed by atoms with Crippen molar-refractivity contribution in [2.75, 3.05) is 0 Å². The molecule has 0 aliphatic carbocycles. The van der Waals surface area contributed by atoms with Crippen LogP contribution in [0.1, 0.15) is 5.56 Å². The Labute approximate surface area is 203 Å². The molecule has 0 saturated heterocycles. The van der Waals surface area contributed by atoms with Crippen LogP contribution in [-0.4, -0.2) is 14.7 Å². The Morgan fingerprint density at radius 1 is 1.03 bits per heavy atom.